The summed E-state index contributed by atoms with van der Waals surface area (Å²) < 4.78 is 10.9. The molecule has 1 aromatic carbocycles. The van der Waals surface area contributed by atoms with Crippen molar-refractivity contribution in [3.8, 4) is 5.75 Å². The first-order valence-corrected chi connectivity index (χ1v) is 6.92. The standard InChI is InChI=1S/C17H19NO3/c1-20-17-5-4-15(12-19)11-16(17)13-21-10-2-3-14-6-8-18-9-7-14/h4-9,11-12H,2-3,10,13H2,1H3. The molecule has 0 aliphatic carbocycles. The van der Waals surface area contributed by atoms with Gasteiger partial charge in [-0.25, -0.2) is 0 Å². The van der Waals surface area contributed by atoms with Crippen LogP contribution in [0.3, 0.4) is 0 Å². The quantitative estimate of drug-likeness (QED) is 0.552. The molecule has 0 N–H and O–H groups in total. The summed E-state index contributed by atoms with van der Waals surface area (Å²) in [5.41, 5.74) is 2.78. The molecule has 21 heavy (non-hydrogen) atoms. The third-order valence-corrected chi connectivity index (χ3v) is 3.20. The van der Waals surface area contributed by atoms with E-state index in [4.69, 9.17) is 9.47 Å². The van der Waals surface area contributed by atoms with Crippen molar-refractivity contribution in [3.05, 3.63) is 59.4 Å². The Morgan fingerprint density at radius 1 is 1.19 bits per heavy atom. The van der Waals surface area contributed by atoms with Gasteiger partial charge in [-0.15, -0.1) is 0 Å². The van der Waals surface area contributed by atoms with Crippen LogP contribution in [0.5, 0.6) is 5.75 Å². The lowest BCUT2D eigenvalue weighted by molar-refractivity contribution is 0.111. The van der Waals surface area contributed by atoms with Gasteiger partial charge in [-0.2, -0.15) is 0 Å². The molecule has 0 saturated heterocycles. The number of ether oxygens (including phenoxy) is 2. The number of aromatic nitrogens is 1. The highest BCUT2D eigenvalue weighted by atomic mass is 16.5. The Hall–Kier alpha value is -2.20. The number of methoxy groups -OCH3 is 1. The van der Waals surface area contributed by atoms with Crippen molar-refractivity contribution in [1.29, 1.82) is 0 Å². The highest BCUT2D eigenvalue weighted by molar-refractivity contribution is 5.75. The van der Waals surface area contributed by atoms with Crippen molar-refractivity contribution < 1.29 is 14.3 Å². The minimum absolute atomic E-state index is 0.446. The maximum atomic E-state index is 10.8. The van der Waals surface area contributed by atoms with Crippen molar-refractivity contribution in [1.82, 2.24) is 4.98 Å². The fourth-order valence-electron chi connectivity index (χ4n) is 2.09. The Morgan fingerprint density at radius 2 is 2.00 bits per heavy atom. The largest absolute Gasteiger partial charge is 0.496 e. The summed E-state index contributed by atoms with van der Waals surface area (Å²) in [4.78, 5) is 14.8. The van der Waals surface area contributed by atoms with E-state index < -0.39 is 0 Å². The average molecular weight is 285 g/mol. The normalized spacial score (nSPS) is 10.3. The summed E-state index contributed by atoms with van der Waals surface area (Å²) in [7, 11) is 1.61. The third kappa shape index (κ3) is 4.68. The van der Waals surface area contributed by atoms with E-state index in [1.807, 2.05) is 12.1 Å². The van der Waals surface area contributed by atoms with Gasteiger partial charge in [0.25, 0.3) is 0 Å². The van der Waals surface area contributed by atoms with Gasteiger partial charge in [-0.05, 0) is 48.7 Å². The zero-order valence-corrected chi connectivity index (χ0v) is 12.1. The van der Waals surface area contributed by atoms with Crippen LogP contribution in [0.25, 0.3) is 0 Å². The van der Waals surface area contributed by atoms with E-state index in [9.17, 15) is 4.79 Å². The second-order valence-corrected chi connectivity index (χ2v) is 4.70. The average Bonchev–Trinajstić information content (AvgIpc) is 2.55. The molecule has 0 aliphatic rings. The highest BCUT2D eigenvalue weighted by Crippen LogP contribution is 2.20. The molecule has 1 aromatic heterocycles. The van der Waals surface area contributed by atoms with Crippen molar-refractivity contribution in [2.24, 2.45) is 0 Å². The van der Waals surface area contributed by atoms with Gasteiger partial charge in [0.1, 0.15) is 12.0 Å². The van der Waals surface area contributed by atoms with E-state index in [1.54, 1.807) is 37.7 Å². The van der Waals surface area contributed by atoms with Crippen LogP contribution in [0.2, 0.25) is 0 Å². The van der Waals surface area contributed by atoms with E-state index in [0.29, 0.717) is 18.8 Å². The SMILES string of the molecule is COc1ccc(C=O)cc1COCCCc1ccncc1. The molecule has 0 saturated carbocycles. The molecule has 0 fully saturated rings. The maximum Gasteiger partial charge on any atom is 0.150 e. The van der Waals surface area contributed by atoms with E-state index >= 15 is 0 Å². The zero-order chi connectivity index (χ0) is 14.9. The molecule has 4 heteroatoms. The molecule has 0 atom stereocenters. The van der Waals surface area contributed by atoms with Crippen LogP contribution in [0.4, 0.5) is 0 Å². The Kier molecular flexibility index (Phi) is 5.91. The molecule has 2 aromatic rings. The summed E-state index contributed by atoms with van der Waals surface area (Å²) in [6, 6.07) is 9.35. The fraction of sp³-hybridized carbons (Fsp3) is 0.294. The van der Waals surface area contributed by atoms with Gasteiger partial charge in [0.2, 0.25) is 0 Å². The Morgan fingerprint density at radius 3 is 2.71 bits per heavy atom. The number of benzene rings is 1. The molecule has 0 bridgehead atoms. The first kappa shape index (κ1) is 15.2. The van der Waals surface area contributed by atoms with E-state index in [-0.39, 0.29) is 0 Å². The summed E-state index contributed by atoms with van der Waals surface area (Å²) in [5.74, 6) is 0.745. The van der Waals surface area contributed by atoms with Crippen LogP contribution in [0, 0.1) is 0 Å². The van der Waals surface area contributed by atoms with Crippen LogP contribution in [0.1, 0.15) is 27.9 Å². The Labute approximate surface area is 124 Å². The van der Waals surface area contributed by atoms with E-state index in [2.05, 4.69) is 4.98 Å². The number of rotatable bonds is 8. The predicted molar refractivity (Wildman–Crippen MR) is 80.6 cm³/mol. The van der Waals surface area contributed by atoms with Crippen LogP contribution >= 0.6 is 0 Å². The predicted octanol–water partition coefficient (Wildman–Crippen LogP) is 3.05. The molecule has 4 nitrogen and oxygen atoms in total. The Balaban J connectivity index is 1.79. The number of aryl methyl sites for hydroxylation is 1. The molecule has 0 unspecified atom stereocenters. The molecule has 0 spiro atoms. The van der Waals surface area contributed by atoms with E-state index in [1.165, 1.54) is 5.56 Å². The highest BCUT2D eigenvalue weighted by Gasteiger charge is 2.04. The number of carbonyl (C=O) groups is 1. The van der Waals surface area contributed by atoms with Gasteiger partial charge in [0.05, 0.1) is 13.7 Å². The number of carbonyl (C=O) groups excluding carboxylic acids is 1. The van der Waals surface area contributed by atoms with Gasteiger partial charge in [0, 0.05) is 30.1 Å². The number of nitrogens with zero attached hydrogens (tertiary/aromatic N) is 1. The smallest absolute Gasteiger partial charge is 0.150 e. The van der Waals surface area contributed by atoms with E-state index in [0.717, 1.165) is 30.4 Å². The van der Waals surface area contributed by atoms with Gasteiger partial charge >= 0.3 is 0 Å². The molecule has 0 aliphatic heterocycles. The van der Waals surface area contributed by atoms with Gasteiger partial charge in [0.15, 0.2) is 0 Å². The second kappa shape index (κ2) is 8.17. The minimum atomic E-state index is 0.446. The summed E-state index contributed by atoms with van der Waals surface area (Å²) in [6.07, 6.45) is 6.33. The number of pyridine rings is 1. The lowest BCUT2D eigenvalue weighted by Gasteiger charge is -2.10. The number of aldehydes is 1. The van der Waals surface area contributed by atoms with Crippen molar-refractivity contribution in [2.45, 2.75) is 19.4 Å². The number of hydrogen-bond acceptors (Lipinski definition) is 4. The van der Waals surface area contributed by atoms with Crippen molar-refractivity contribution in [3.63, 3.8) is 0 Å². The lowest BCUT2D eigenvalue weighted by Crippen LogP contribution is -2.00. The third-order valence-electron chi connectivity index (χ3n) is 3.20. The summed E-state index contributed by atoms with van der Waals surface area (Å²) >= 11 is 0. The maximum absolute atomic E-state index is 10.8. The van der Waals surface area contributed by atoms with Gasteiger partial charge < -0.3 is 9.47 Å². The first-order valence-electron chi connectivity index (χ1n) is 6.92. The van der Waals surface area contributed by atoms with Gasteiger partial charge in [-0.3, -0.25) is 9.78 Å². The fourth-order valence-corrected chi connectivity index (χ4v) is 2.09. The lowest BCUT2D eigenvalue weighted by atomic mass is 10.1. The zero-order valence-electron chi connectivity index (χ0n) is 12.1. The van der Waals surface area contributed by atoms with Gasteiger partial charge in [-0.1, -0.05) is 0 Å². The van der Waals surface area contributed by atoms with Crippen molar-refractivity contribution >= 4 is 6.29 Å². The molecular weight excluding hydrogens is 266 g/mol. The van der Waals surface area contributed by atoms with Crippen LogP contribution in [-0.2, 0) is 17.8 Å². The molecular formula is C17H19NO3. The Bertz CT molecular complexity index is 570. The molecule has 0 radical (unpaired) electrons. The topological polar surface area (TPSA) is 48.4 Å². The first-order chi connectivity index (χ1) is 10.3. The summed E-state index contributed by atoms with van der Waals surface area (Å²) in [6.45, 7) is 1.11. The van der Waals surface area contributed by atoms with Crippen LogP contribution < -0.4 is 4.74 Å². The molecule has 2 rings (SSSR count). The monoisotopic (exact) mass is 285 g/mol. The number of hydrogen-bond donors (Lipinski definition) is 0. The minimum Gasteiger partial charge on any atom is -0.496 e. The summed E-state index contributed by atoms with van der Waals surface area (Å²) in [5, 5.41) is 0. The molecule has 0 amide bonds. The molecule has 110 valence electrons. The van der Waals surface area contributed by atoms with Crippen LogP contribution in [-0.4, -0.2) is 25.0 Å². The second-order valence-electron chi connectivity index (χ2n) is 4.70. The van der Waals surface area contributed by atoms with Crippen LogP contribution in [0.15, 0.2) is 42.7 Å². The van der Waals surface area contributed by atoms with Crippen molar-refractivity contribution in [2.75, 3.05) is 13.7 Å². The molecule has 1 heterocycles.